The van der Waals surface area contributed by atoms with Gasteiger partial charge < -0.3 is 52.7 Å². The minimum Gasteiger partial charge on any atom is -1.00 e. The summed E-state index contributed by atoms with van der Waals surface area (Å²) in [4.78, 5) is 0. The molecule has 0 saturated heterocycles. The van der Waals surface area contributed by atoms with Crippen molar-refractivity contribution in [2.45, 2.75) is 45.5 Å². The summed E-state index contributed by atoms with van der Waals surface area (Å²) in [5.74, 6) is -53.8. The fourth-order valence-electron chi connectivity index (χ4n) is 9.68. The fourth-order valence-corrected chi connectivity index (χ4v) is 9.68. The quantitative estimate of drug-likeness (QED) is 0.0549. The third-order valence-corrected chi connectivity index (χ3v) is 16.0. The van der Waals surface area contributed by atoms with Crippen LogP contribution in [0.4, 0.5) is 96.6 Å². The molecule has 10 rings (SSSR count). The first-order valence-corrected chi connectivity index (χ1v) is 30.4. The zero-order valence-electron chi connectivity index (χ0n) is 56.4. The molecule has 0 aliphatic rings. The lowest BCUT2D eigenvalue weighted by molar-refractivity contribution is -0.868. The highest BCUT2D eigenvalue weighted by atomic mass is 35.5. The van der Waals surface area contributed by atoms with E-state index in [-0.39, 0.29) is 73.3 Å². The number of nitrogens with zero attached hydrogens (tertiary/aromatic N) is 2. The van der Waals surface area contributed by atoms with Crippen molar-refractivity contribution in [2.75, 3.05) is 55.4 Å². The van der Waals surface area contributed by atoms with Crippen molar-refractivity contribution in [1.82, 2.24) is 0 Å². The maximum Gasteiger partial charge on any atom is 0.411 e. The molecule has 0 aliphatic heterocycles. The third kappa shape index (κ3) is 17.5. The SMILES string of the molecule is CC[N+](C)(C)C.CC[N+](C)(C)C.Cc1ccc(Oc2c(F)c(F)c(-c3c(F)c(F)c(Oc4ccc(C(c5ccc(Oc6c(F)c(F)c(-c7c(F)c(F)c(Oc8ccc(-c9ccc(-c%10cccc(C)c%10)cc9)cc8)c(F)c7F)c(F)c6F)cc5)(C(F)(F)F)C(F)(F)F)cc4)c(F)c3F)c(F)c2F)cc1.[Cl-].[Cl-]. The van der Waals surface area contributed by atoms with Gasteiger partial charge in [-0.05, 0) is 110 Å². The number of alkyl halides is 6. The summed E-state index contributed by atoms with van der Waals surface area (Å²) in [5, 5.41) is 0. The minimum atomic E-state index is -6.48. The van der Waals surface area contributed by atoms with E-state index in [9.17, 15) is 0 Å². The first kappa shape index (κ1) is 84.3. The van der Waals surface area contributed by atoms with Crippen LogP contribution in [0.5, 0.6) is 46.0 Å². The second kappa shape index (κ2) is 32.8. The Morgan fingerprint density at radius 3 is 0.705 bits per heavy atom. The molecular weight excluding hydrogens is 1480 g/mol. The van der Waals surface area contributed by atoms with Crippen LogP contribution in [0.3, 0.4) is 0 Å². The molecule has 0 heterocycles. The summed E-state index contributed by atoms with van der Waals surface area (Å²) in [6.07, 6.45) is -13.0. The number of rotatable bonds is 16. The molecule has 0 fully saturated rings. The molecule has 560 valence electrons. The molecule has 6 nitrogen and oxygen atoms in total. The summed E-state index contributed by atoms with van der Waals surface area (Å²) < 4.78 is 360. The van der Waals surface area contributed by atoms with E-state index < -0.39 is 190 Å². The van der Waals surface area contributed by atoms with E-state index in [2.05, 4.69) is 56.1 Å². The summed E-state index contributed by atoms with van der Waals surface area (Å²) >= 11 is 0. The Bertz CT molecular complexity index is 4630. The average Bonchev–Trinajstić information content (AvgIpc) is 0.725. The number of ether oxygens (including phenoxy) is 4. The Balaban J connectivity index is 0.00000114. The van der Waals surface area contributed by atoms with Gasteiger partial charge in [-0.3, -0.25) is 0 Å². The van der Waals surface area contributed by atoms with Crippen LogP contribution in [0.25, 0.3) is 44.5 Å². The molecule has 0 N–H and O–H groups in total. The topological polar surface area (TPSA) is 36.9 Å². The lowest BCUT2D eigenvalue weighted by Crippen LogP contribution is -3.00. The van der Waals surface area contributed by atoms with Crippen molar-refractivity contribution in [3.8, 4) is 90.5 Å². The van der Waals surface area contributed by atoms with Crippen LogP contribution in [0.15, 0.2) is 146 Å². The molecule has 0 aliphatic carbocycles. The lowest BCUT2D eigenvalue weighted by Gasteiger charge is -2.38. The maximum absolute atomic E-state index is 15.7. The van der Waals surface area contributed by atoms with Crippen LogP contribution >= 0.6 is 0 Å². The van der Waals surface area contributed by atoms with Gasteiger partial charge in [0.15, 0.2) is 46.5 Å². The van der Waals surface area contributed by atoms with Crippen molar-refractivity contribution >= 4 is 0 Å². The zero-order valence-corrected chi connectivity index (χ0v) is 57.9. The van der Waals surface area contributed by atoms with E-state index in [0.29, 0.717) is 16.7 Å². The molecular formula is C75H58Cl2F22N2O4. The van der Waals surface area contributed by atoms with Gasteiger partial charge in [-0.25, -0.2) is 35.1 Å². The van der Waals surface area contributed by atoms with Crippen molar-refractivity contribution in [3.05, 3.63) is 261 Å². The fraction of sp³-hybridized carbons (Fsp3) is 0.200. The molecule has 0 amide bonds. The molecule has 0 bridgehead atoms. The monoisotopic (exact) mass is 1540 g/mol. The second-order valence-corrected chi connectivity index (χ2v) is 25.0. The highest BCUT2D eigenvalue weighted by Crippen LogP contribution is 2.57. The van der Waals surface area contributed by atoms with Crippen LogP contribution < -0.4 is 43.8 Å². The predicted molar refractivity (Wildman–Crippen MR) is 340 cm³/mol. The van der Waals surface area contributed by atoms with Gasteiger partial charge in [-0.2, -0.15) is 61.5 Å². The minimum absolute atomic E-state index is 0. The smallest absolute Gasteiger partial charge is 0.411 e. The zero-order chi connectivity index (χ0) is 76.5. The molecule has 0 unspecified atom stereocenters. The molecule has 0 radical (unpaired) electrons. The number of hydrogen-bond acceptors (Lipinski definition) is 4. The van der Waals surface area contributed by atoms with Gasteiger partial charge in [0.05, 0.1) is 77.6 Å². The number of hydrogen-bond donors (Lipinski definition) is 0. The van der Waals surface area contributed by atoms with Crippen molar-refractivity contribution in [1.29, 1.82) is 0 Å². The van der Waals surface area contributed by atoms with E-state index >= 15 is 96.6 Å². The maximum atomic E-state index is 15.7. The lowest BCUT2D eigenvalue weighted by atomic mass is 9.73. The van der Waals surface area contributed by atoms with E-state index in [4.69, 9.17) is 18.9 Å². The Morgan fingerprint density at radius 2 is 0.486 bits per heavy atom. The largest absolute Gasteiger partial charge is 1.00 e. The van der Waals surface area contributed by atoms with Gasteiger partial charge in [-0.1, -0.05) is 108 Å². The molecule has 105 heavy (non-hydrogen) atoms. The van der Waals surface area contributed by atoms with E-state index in [0.717, 1.165) is 49.9 Å². The van der Waals surface area contributed by atoms with Crippen molar-refractivity contribution in [2.24, 2.45) is 0 Å². The van der Waals surface area contributed by atoms with Crippen LogP contribution in [0.2, 0.25) is 0 Å². The Hall–Kier alpha value is -9.64. The van der Waals surface area contributed by atoms with Gasteiger partial charge in [0.25, 0.3) is 0 Å². The first-order chi connectivity index (χ1) is 48.0. The van der Waals surface area contributed by atoms with E-state index in [1.807, 2.05) is 43.3 Å². The Kier molecular flexibility index (Phi) is 26.3. The van der Waals surface area contributed by atoms with Crippen LogP contribution in [-0.4, -0.2) is 76.7 Å². The average molecular weight is 1540 g/mol. The summed E-state index contributed by atoms with van der Waals surface area (Å²) in [7, 11) is 13.1. The number of benzene rings is 10. The van der Waals surface area contributed by atoms with Crippen molar-refractivity contribution < 1.29 is 149 Å². The van der Waals surface area contributed by atoms with Gasteiger partial charge in [0.1, 0.15) is 23.0 Å². The summed E-state index contributed by atoms with van der Waals surface area (Å²) in [5.41, 5.74) is -13.8. The molecule has 10 aromatic rings. The molecule has 0 saturated carbocycles. The van der Waals surface area contributed by atoms with Gasteiger partial charge in [0, 0.05) is 0 Å². The second-order valence-electron chi connectivity index (χ2n) is 25.0. The van der Waals surface area contributed by atoms with Crippen LogP contribution in [0.1, 0.15) is 36.1 Å². The van der Waals surface area contributed by atoms with E-state index in [1.165, 1.54) is 37.4 Å². The summed E-state index contributed by atoms with van der Waals surface area (Å²) in [6, 6.07) is 25.0. The normalized spacial score (nSPS) is 11.7. The first-order valence-electron chi connectivity index (χ1n) is 30.4. The van der Waals surface area contributed by atoms with E-state index in [1.54, 1.807) is 19.1 Å². The number of halogens is 24. The number of quaternary nitrogens is 2. The van der Waals surface area contributed by atoms with Gasteiger partial charge in [0.2, 0.25) is 75.0 Å². The molecule has 0 spiro atoms. The molecule has 0 atom stereocenters. The van der Waals surface area contributed by atoms with Crippen LogP contribution in [0, 0.1) is 107 Å². The van der Waals surface area contributed by atoms with Gasteiger partial charge in [-0.15, -0.1) is 0 Å². The van der Waals surface area contributed by atoms with Crippen LogP contribution in [-0.2, 0) is 5.41 Å². The summed E-state index contributed by atoms with van der Waals surface area (Å²) in [6.45, 7) is 10.3. The highest BCUT2D eigenvalue weighted by molar-refractivity contribution is 5.73. The molecule has 0 aromatic heterocycles. The highest BCUT2D eigenvalue weighted by Gasteiger charge is 2.72. The molecule has 10 aromatic carbocycles. The molecule has 30 heteroatoms. The van der Waals surface area contributed by atoms with Crippen molar-refractivity contribution in [3.63, 3.8) is 0 Å². The Labute approximate surface area is 599 Å². The number of aryl methyl sites for hydroxylation is 2. The van der Waals surface area contributed by atoms with Gasteiger partial charge >= 0.3 is 12.4 Å². The predicted octanol–water partition coefficient (Wildman–Crippen LogP) is 17.2. The Morgan fingerprint density at radius 1 is 0.276 bits per heavy atom. The standard InChI is InChI=1S/C65H30F22O4.2C5H14N.2ClH/c1-27-6-18-35(19-7-27)88-59-51(74)43(66)39(44(67)52(59)75)41-47(70)55(78)61(56(79)48(41)71)90-37-22-14-33(15-23-37)63(64(82,83)84,65(85,86)87)34-16-24-38(25-17-34)91-62-57(80)49(72)42(50(73)58(62)81)40-45(68)53(76)60(54(77)46(40)69)89-36-20-12-30(13-21-36)29-8-10-31(11-9-29)32-5-3-4-28(2)26-32;2*1-5-6(2,3)4;;/h3-26H,1-2H3;2*5H2,1-4H3;2*1H/q;2*+1;;/p-2. The third-order valence-electron chi connectivity index (χ3n) is 16.0.